The van der Waals surface area contributed by atoms with Crippen molar-refractivity contribution in [2.24, 2.45) is 5.92 Å². The zero-order valence-corrected chi connectivity index (χ0v) is 12.9. The van der Waals surface area contributed by atoms with Crippen molar-refractivity contribution in [3.63, 3.8) is 0 Å². The van der Waals surface area contributed by atoms with Crippen LogP contribution in [0, 0.1) is 17.6 Å². The minimum absolute atomic E-state index is 0.161. The van der Waals surface area contributed by atoms with Crippen LogP contribution < -0.4 is 5.32 Å². The Labute approximate surface area is 129 Å². The van der Waals surface area contributed by atoms with Crippen LogP contribution in [0.25, 0.3) is 0 Å². The Morgan fingerprint density at radius 1 is 1.41 bits per heavy atom. The molecule has 1 aliphatic rings. The van der Waals surface area contributed by atoms with E-state index in [0.29, 0.717) is 19.1 Å². The zero-order valence-electron chi connectivity index (χ0n) is 12.9. The molecule has 0 aromatic heterocycles. The zero-order chi connectivity index (χ0) is 16.1. The summed E-state index contributed by atoms with van der Waals surface area (Å²) >= 11 is 0. The Morgan fingerprint density at radius 3 is 2.73 bits per heavy atom. The summed E-state index contributed by atoms with van der Waals surface area (Å²) in [7, 11) is 0. The van der Waals surface area contributed by atoms with Gasteiger partial charge in [0.1, 0.15) is 17.2 Å². The van der Waals surface area contributed by atoms with Crippen LogP contribution in [0.5, 0.6) is 0 Å². The van der Waals surface area contributed by atoms with Gasteiger partial charge in [-0.1, -0.05) is 19.9 Å². The second-order valence-electron chi connectivity index (χ2n) is 5.95. The first-order valence-corrected chi connectivity index (χ1v) is 7.53. The number of ether oxygens (including phenoxy) is 1. The number of hydrogen-bond donors (Lipinski definition) is 1. The number of nitrogens with one attached hydrogen (secondary N) is 1. The van der Waals surface area contributed by atoms with E-state index in [0.717, 1.165) is 25.2 Å². The van der Waals surface area contributed by atoms with E-state index in [4.69, 9.17) is 4.74 Å². The number of amides is 1. The second kappa shape index (κ2) is 7.65. The third kappa shape index (κ3) is 4.48. The standard InChI is InChI=1S/C16H22F2N2O2/c1-11(2)9-20-6-7-22-12(10-20)8-19-16(21)15-13(17)4-3-5-14(15)18/h3-5,11-12H,6-10H2,1-2H3,(H,19,21)/t12-/m1/s1. The predicted octanol–water partition coefficient (Wildman–Crippen LogP) is 2.05. The van der Waals surface area contributed by atoms with Gasteiger partial charge in [0.05, 0.1) is 12.7 Å². The van der Waals surface area contributed by atoms with Gasteiger partial charge in [-0.05, 0) is 18.1 Å². The number of nitrogens with zero attached hydrogens (tertiary/aromatic N) is 1. The number of benzene rings is 1. The van der Waals surface area contributed by atoms with Gasteiger partial charge in [0.2, 0.25) is 0 Å². The third-order valence-corrected chi connectivity index (χ3v) is 3.53. The molecule has 1 amide bonds. The highest BCUT2D eigenvalue weighted by Gasteiger charge is 2.23. The number of rotatable bonds is 5. The topological polar surface area (TPSA) is 41.6 Å². The molecular weight excluding hydrogens is 290 g/mol. The first kappa shape index (κ1) is 16.8. The number of hydrogen-bond acceptors (Lipinski definition) is 3. The maximum absolute atomic E-state index is 13.5. The van der Waals surface area contributed by atoms with Gasteiger partial charge in [0, 0.05) is 26.2 Å². The molecule has 0 aliphatic carbocycles. The van der Waals surface area contributed by atoms with Gasteiger partial charge in [-0.25, -0.2) is 8.78 Å². The molecule has 0 unspecified atom stereocenters. The molecule has 2 rings (SSSR count). The molecule has 0 bridgehead atoms. The molecule has 4 nitrogen and oxygen atoms in total. The highest BCUT2D eigenvalue weighted by Crippen LogP contribution is 2.12. The number of carbonyl (C=O) groups excluding carboxylic acids is 1. The highest BCUT2D eigenvalue weighted by atomic mass is 19.1. The molecule has 122 valence electrons. The van der Waals surface area contributed by atoms with E-state index >= 15 is 0 Å². The summed E-state index contributed by atoms with van der Waals surface area (Å²) in [5.74, 6) is -1.91. The number of carbonyl (C=O) groups is 1. The van der Waals surface area contributed by atoms with Crippen LogP contribution in [-0.4, -0.2) is 49.7 Å². The smallest absolute Gasteiger partial charge is 0.257 e. The second-order valence-corrected chi connectivity index (χ2v) is 5.95. The summed E-state index contributed by atoms with van der Waals surface area (Å²) in [4.78, 5) is 14.2. The Bertz CT molecular complexity index is 503. The average molecular weight is 312 g/mol. The van der Waals surface area contributed by atoms with Crippen molar-refractivity contribution in [1.82, 2.24) is 10.2 Å². The summed E-state index contributed by atoms with van der Waals surface area (Å²) in [6.45, 7) is 7.67. The Balaban J connectivity index is 1.88. The summed E-state index contributed by atoms with van der Waals surface area (Å²) in [5.41, 5.74) is -0.544. The molecule has 0 saturated carbocycles. The van der Waals surface area contributed by atoms with Crippen LogP contribution in [0.1, 0.15) is 24.2 Å². The minimum atomic E-state index is -0.858. The van der Waals surface area contributed by atoms with Crippen molar-refractivity contribution in [3.05, 3.63) is 35.4 Å². The quantitative estimate of drug-likeness (QED) is 0.905. The average Bonchev–Trinajstić information content (AvgIpc) is 2.44. The summed E-state index contributed by atoms with van der Waals surface area (Å²) in [6, 6.07) is 3.37. The maximum atomic E-state index is 13.5. The van der Waals surface area contributed by atoms with Crippen LogP contribution >= 0.6 is 0 Å². The molecule has 1 aromatic rings. The summed E-state index contributed by atoms with van der Waals surface area (Å²) in [6.07, 6.45) is -0.161. The largest absolute Gasteiger partial charge is 0.374 e. The first-order chi connectivity index (χ1) is 10.5. The molecule has 0 radical (unpaired) electrons. The van der Waals surface area contributed by atoms with Crippen molar-refractivity contribution in [3.8, 4) is 0 Å². The first-order valence-electron chi connectivity index (χ1n) is 7.53. The van der Waals surface area contributed by atoms with Gasteiger partial charge in [-0.2, -0.15) is 0 Å². The lowest BCUT2D eigenvalue weighted by molar-refractivity contribution is -0.0296. The summed E-state index contributed by atoms with van der Waals surface area (Å²) in [5, 5.41) is 2.55. The summed E-state index contributed by atoms with van der Waals surface area (Å²) < 4.78 is 32.7. The van der Waals surface area contributed by atoms with Crippen molar-refractivity contribution in [2.75, 3.05) is 32.8 Å². The molecule has 1 atom stereocenters. The molecule has 1 heterocycles. The Hall–Kier alpha value is -1.53. The van der Waals surface area contributed by atoms with E-state index in [-0.39, 0.29) is 12.6 Å². The lowest BCUT2D eigenvalue weighted by Gasteiger charge is -2.33. The fourth-order valence-corrected chi connectivity index (χ4v) is 2.60. The van der Waals surface area contributed by atoms with Gasteiger partial charge in [0.25, 0.3) is 5.91 Å². The molecule has 1 N–H and O–H groups in total. The van der Waals surface area contributed by atoms with E-state index in [1.807, 2.05) is 0 Å². The van der Waals surface area contributed by atoms with Gasteiger partial charge in [-0.3, -0.25) is 9.69 Å². The van der Waals surface area contributed by atoms with Crippen molar-refractivity contribution in [1.29, 1.82) is 0 Å². The molecule has 1 fully saturated rings. The predicted molar refractivity (Wildman–Crippen MR) is 79.7 cm³/mol. The van der Waals surface area contributed by atoms with Crippen molar-refractivity contribution < 1.29 is 18.3 Å². The lowest BCUT2D eigenvalue weighted by atomic mass is 10.1. The highest BCUT2D eigenvalue weighted by molar-refractivity contribution is 5.94. The minimum Gasteiger partial charge on any atom is -0.374 e. The molecule has 22 heavy (non-hydrogen) atoms. The van der Waals surface area contributed by atoms with Crippen LogP contribution in [0.4, 0.5) is 8.78 Å². The van der Waals surface area contributed by atoms with Gasteiger partial charge in [-0.15, -0.1) is 0 Å². The van der Waals surface area contributed by atoms with E-state index in [9.17, 15) is 13.6 Å². The van der Waals surface area contributed by atoms with E-state index in [2.05, 4.69) is 24.1 Å². The maximum Gasteiger partial charge on any atom is 0.257 e. The number of morpholine rings is 1. The van der Waals surface area contributed by atoms with Crippen LogP contribution in [0.3, 0.4) is 0 Å². The van der Waals surface area contributed by atoms with Crippen molar-refractivity contribution in [2.45, 2.75) is 20.0 Å². The molecule has 6 heteroatoms. The van der Waals surface area contributed by atoms with Gasteiger partial charge < -0.3 is 10.1 Å². The van der Waals surface area contributed by atoms with E-state index in [1.165, 1.54) is 6.07 Å². The monoisotopic (exact) mass is 312 g/mol. The van der Waals surface area contributed by atoms with Crippen LogP contribution in [0.2, 0.25) is 0 Å². The lowest BCUT2D eigenvalue weighted by Crippen LogP contribution is -2.48. The normalized spacial score (nSPS) is 19.4. The Morgan fingerprint density at radius 2 is 2.09 bits per heavy atom. The molecule has 1 aromatic carbocycles. The molecule has 1 saturated heterocycles. The SMILES string of the molecule is CC(C)CN1CCO[C@H](CNC(=O)c2c(F)cccc2F)C1. The number of halogens is 2. The van der Waals surface area contributed by atoms with Crippen LogP contribution in [0.15, 0.2) is 18.2 Å². The molecular formula is C16H22F2N2O2. The third-order valence-electron chi connectivity index (χ3n) is 3.53. The van der Waals surface area contributed by atoms with Crippen molar-refractivity contribution >= 4 is 5.91 Å². The fraction of sp³-hybridized carbons (Fsp3) is 0.562. The Kier molecular flexibility index (Phi) is 5.85. The van der Waals surface area contributed by atoms with Crippen LogP contribution in [-0.2, 0) is 4.74 Å². The van der Waals surface area contributed by atoms with E-state index < -0.39 is 23.1 Å². The van der Waals surface area contributed by atoms with Gasteiger partial charge in [0.15, 0.2) is 0 Å². The fourth-order valence-electron chi connectivity index (χ4n) is 2.60. The molecule has 1 aliphatic heterocycles. The van der Waals surface area contributed by atoms with Gasteiger partial charge >= 0.3 is 0 Å². The molecule has 0 spiro atoms. The van der Waals surface area contributed by atoms with E-state index in [1.54, 1.807) is 0 Å².